The van der Waals surface area contributed by atoms with Crippen LogP contribution in [0.4, 0.5) is 0 Å². The third-order valence-electron chi connectivity index (χ3n) is 1.55. The van der Waals surface area contributed by atoms with Crippen molar-refractivity contribution in [2.24, 2.45) is 0 Å². The molecule has 0 radical (unpaired) electrons. The monoisotopic (exact) mass is 186 g/mol. The van der Waals surface area contributed by atoms with Gasteiger partial charge in [-0.2, -0.15) is 0 Å². The first-order chi connectivity index (χ1) is 5.66. The molecule has 5 heteroatoms. The molecule has 1 aliphatic rings. The van der Waals surface area contributed by atoms with Crippen LogP contribution in [0.3, 0.4) is 0 Å². The molecule has 0 spiro atoms. The Hall–Kier alpha value is -0.780. The van der Waals surface area contributed by atoms with Crippen molar-refractivity contribution in [2.75, 3.05) is 6.54 Å². The molecule has 0 saturated heterocycles. The third-order valence-corrected chi connectivity index (χ3v) is 1.97. The SMILES string of the molecule is CCCN1C(=O)C=C[NH+]([O-])C1=S. The molecule has 66 valence electrons. The minimum atomic E-state index is -0.252. The minimum absolute atomic E-state index is 0.115. The molecule has 0 saturated carbocycles. The topological polar surface area (TPSA) is 47.8 Å². The molecule has 1 N–H and O–H groups in total. The quantitative estimate of drug-likeness (QED) is 0.463. The number of rotatable bonds is 2. The van der Waals surface area contributed by atoms with Crippen molar-refractivity contribution in [1.29, 1.82) is 0 Å². The van der Waals surface area contributed by atoms with Crippen LogP contribution >= 0.6 is 12.2 Å². The molecule has 1 rings (SSSR count). The summed E-state index contributed by atoms with van der Waals surface area (Å²) in [7, 11) is 0. The molecule has 1 amide bonds. The van der Waals surface area contributed by atoms with Crippen molar-refractivity contribution < 1.29 is 9.86 Å². The number of amides is 1. The molecule has 1 unspecified atom stereocenters. The number of hydroxylamine groups is 2. The van der Waals surface area contributed by atoms with Gasteiger partial charge in [0.25, 0.3) is 11.0 Å². The molecule has 0 bridgehead atoms. The first kappa shape index (κ1) is 9.31. The number of carbonyl (C=O) groups is 1. The zero-order valence-electron chi connectivity index (χ0n) is 6.74. The second-order valence-electron chi connectivity index (χ2n) is 2.49. The molecule has 0 fully saturated rings. The normalized spacial score (nSPS) is 23.5. The molecule has 0 aliphatic carbocycles. The average Bonchev–Trinajstić information content (AvgIpc) is 2.06. The van der Waals surface area contributed by atoms with Gasteiger partial charge in [-0.3, -0.25) is 14.8 Å². The van der Waals surface area contributed by atoms with E-state index in [0.717, 1.165) is 6.42 Å². The fraction of sp³-hybridized carbons (Fsp3) is 0.429. The largest absolute Gasteiger partial charge is 0.622 e. The van der Waals surface area contributed by atoms with E-state index >= 15 is 0 Å². The first-order valence-electron chi connectivity index (χ1n) is 3.74. The Morgan fingerprint density at radius 1 is 1.75 bits per heavy atom. The van der Waals surface area contributed by atoms with E-state index in [0.29, 0.717) is 6.54 Å². The highest BCUT2D eigenvalue weighted by Gasteiger charge is 2.24. The molecule has 12 heavy (non-hydrogen) atoms. The number of nitrogens with one attached hydrogen (secondary N) is 1. The summed E-state index contributed by atoms with van der Waals surface area (Å²) in [6, 6.07) is 0. The van der Waals surface area contributed by atoms with Crippen LogP contribution in [0, 0.1) is 5.21 Å². The van der Waals surface area contributed by atoms with Crippen molar-refractivity contribution in [2.45, 2.75) is 13.3 Å². The predicted octanol–water partition coefficient (Wildman–Crippen LogP) is -0.580. The van der Waals surface area contributed by atoms with E-state index in [4.69, 9.17) is 12.2 Å². The Balaban J connectivity index is 2.77. The van der Waals surface area contributed by atoms with Crippen LogP contribution in [0.15, 0.2) is 12.3 Å². The zero-order chi connectivity index (χ0) is 9.14. The summed E-state index contributed by atoms with van der Waals surface area (Å²) in [5, 5.41) is 10.9. The van der Waals surface area contributed by atoms with Gasteiger partial charge in [0, 0.05) is 18.8 Å². The second-order valence-corrected chi connectivity index (χ2v) is 2.88. The summed E-state index contributed by atoms with van der Waals surface area (Å²) in [5.74, 6) is -0.193. The summed E-state index contributed by atoms with van der Waals surface area (Å²) in [6.07, 6.45) is 3.28. The maximum absolute atomic E-state index is 11.1. The van der Waals surface area contributed by atoms with Gasteiger partial charge in [0.2, 0.25) is 0 Å². The highest BCUT2D eigenvalue weighted by Crippen LogP contribution is 1.96. The van der Waals surface area contributed by atoms with Crippen LogP contribution in [0.25, 0.3) is 0 Å². The molecule has 0 aromatic rings. The lowest BCUT2D eigenvalue weighted by Gasteiger charge is -2.29. The van der Waals surface area contributed by atoms with Crippen LogP contribution in [0.5, 0.6) is 0 Å². The van der Waals surface area contributed by atoms with Gasteiger partial charge < -0.3 is 5.21 Å². The number of thiocarbonyl (C=S) groups is 1. The first-order valence-corrected chi connectivity index (χ1v) is 4.15. The maximum atomic E-state index is 11.1. The highest BCUT2D eigenvalue weighted by atomic mass is 32.1. The van der Waals surface area contributed by atoms with Crippen molar-refractivity contribution in [3.63, 3.8) is 0 Å². The van der Waals surface area contributed by atoms with Crippen LogP contribution in [-0.2, 0) is 4.79 Å². The van der Waals surface area contributed by atoms with Gasteiger partial charge >= 0.3 is 0 Å². The van der Waals surface area contributed by atoms with Gasteiger partial charge in [0.15, 0.2) is 0 Å². The summed E-state index contributed by atoms with van der Waals surface area (Å²) < 4.78 is 0. The van der Waals surface area contributed by atoms with Gasteiger partial charge in [-0.15, -0.1) is 0 Å². The van der Waals surface area contributed by atoms with Crippen LogP contribution in [0.1, 0.15) is 13.3 Å². The number of quaternary nitrogens is 1. The molecule has 1 atom stereocenters. The maximum Gasteiger partial charge on any atom is 0.282 e. The zero-order valence-corrected chi connectivity index (χ0v) is 7.56. The molecular formula is C7H10N2O2S. The van der Waals surface area contributed by atoms with Crippen LogP contribution in [-0.4, -0.2) is 22.5 Å². The lowest BCUT2D eigenvalue weighted by Crippen LogP contribution is -3.08. The smallest absolute Gasteiger partial charge is 0.282 e. The van der Waals surface area contributed by atoms with Crippen LogP contribution in [0.2, 0.25) is 0 Å². The number of hydrogen-bond donors (Lipinski definition) is 1. The Bertz CT molecular complexity index is 240. The number of nitrogens with zero attached hydrogens (tertiary/aromatic N) is 1. The van der Waals surface area contributed by atoms with Gasteiger partial charge in [0.05, 0.1) is 6.08 Å². The van der Waals surface area contributed by atoms with Gasteiger partial charge in [-0.1, -0.05) is 6.92 Å². The van der Waals surface area contributed by atoms with Gasteiger partial charge in [0.1, 0.15) is 6.20 Å². The van der Waals surface area contributed by atoms with Crippen molar-refractivity contribution in [3.05, 3.63) is 17.5 Å². The van der Waals surface area contributed by atoms with Gasteiger partial charge in [-0.05, 0) is 6.42 Å². The van der Waals surface area contributed by atoms with Gasteiger partial charge in [-0.25, -0.2) is 0 Å². The predicted molar refractivity (Wildman–Crippen MR) is 48.1 cm³/mol. The Morgan fingerprint density at radius 2 is 2.42 bits per heavy atom. The van der Waals surface area contributed by atoms with E-state index in [9.17, 15) is 10.0 Å². The molecule has 0 aromatic heterocycles. The average molecular weight is 186 g/mol. The Kier molecular flexibility index (Phi) is 2.91. The highest BCUT2D eigenvalue weighted by molar-refractivity contribution is 7.79. The molecular weight excluding hydrogens is 176 g/mol. The lowest BCUT2D eigenvalue weighted by molar-refractivity contribution is -0.688. The number of carbonyl (C=O) groups excluding carboxylic acids is 1. The Morgan fingerprint density at radius 3 is 3.00 bits per heavy atom. The van der Waals surface area contributed by atoms with E-state index in [1.165, 1.54) is 17.2 Å². The minimum Gasteiger partial charge on any atom is -0.622 e. The number of hydrogen-bond acceptors (Lipinski definition) is 3. The lowest BCUT2D eigenvalue weighted by atomic mass is 10.3. The third kappa shape index (κ3) is 1.69. The fourth-order valence-electron chi connectivity index (χ4n) is 0.977. The van der Waals surface area contributed by atoms with Crippen molar-refractivity contribution >= 4 is 23.2 Å². The van der Waals surface area contributed by atoms with E-state index < -0.39 is 0 Å². The molecule has 0 aromatic carbocycles. The van der Waals surface area contributed by atoms with E-state index in [1.54, 1.807) is 0 Å². The summed E-state index contributed by atoms with van der Waals surface area (Å²) in [6.45, 7) is 2.45. The van der Waals surface area contributed by atoms with E-state index in [1.807, 2.05) is 6.92 Å². The summed E-state index contributed by atoms with van der Waals surface area (Å²) in [4.78, 5) is 12.5. The van der Waals surface area contributed by atoms with Crippen molar-refractivity contribution in [1.82, 2.24) is 4.90 Å². The summed E-state index contributed by atoms with van der Waals surface area (Å²) in [5.41, 5.74) is 0. The van der Waals surface area contributed by atoms with E-state index in [-0.39, 0.29) is 16.1 Å². The molecule has 1 heterocycles. The fourth-order valence-corrected chi connectivity index (χ4v) is 1.23. The molecule has 4 nitrogen and oxygen atoms in total. The molecule has 1 aliphatic heterocycles. The van der Waals surface area contributed by atoms with E-state index in [2.05, 4.69) is 0 Å². The van der Waals surface area contributed by atoms with Crippen LogP contribution < -0.4 is 5.06 Å². The van der Waals surface area contributed by atoms with Crippen molar-refractivity contribution in [3.8, 4) is 0 Å². The summed E-state index contributed by atoms with van der Waals surface area (Å²) >= 11 is 4.80. The second kappa shape index (κ2) is 3.75. The standard InChI is InChI=1S/C7H10N2O2S/c1-2-4-8-6(10)3-5-9(11)7(8)12/h3,5,9H,2,4H2,1H3. The Labute approximate surface area is 76.0 Å².